The number of carbonyl (C=O) groups is 1. The molecule has 0 spiro atoms. The molecule has 3 rings (SSSR count). The maximum Gasteiger partial charge on any atom is 0.336 e. The number of nitro benzene ring substituents is 1. The number of anilines is 1. The third kappa shape index (κ3) is 4.12. The van der Waals surface area contributed by atoms with E-state index >= 15 is 0 Å². The number of nitro groups is 1. The van der Waals surface area contributed by atoms with E-state index in [0.717, 1.165) is 0 Å². The fourth-order valence-electron chi connectivity index (χ4n) is 2.66. The molecule has 9 heteroatoms. The summed E-state index contributed by atoms with van der Waals surface area (Å²) in [5, 5.41) is 14.5. The van der Waals surface area contributed by atoms with Crippen LogP contribution < -0.4 is 15.7 Å². The molecule has 0 aliphatic rings. The highest BCUT2D eigenvalue weighted by Gasteiger charge is 2.17. The first-order valence-electron chi connectivity index (χ1n) is 8.16. The van der Waals surface area contributed by atoms with E-state index in [2.05, 4.69) is 5.32 Å². The topological polar surface area (TPSA) is 112 Å². The summed E-state index contributed by atoms with van der Waals surface area (Å²) in [6.07, 6.45) is 0. The summed E-state index contributed by atoms with van der Waals surface area (Å²) >= 11 is 6.18. The Kier molecular flexibility index (Phi) is 5.32. The van der Waals surface area contributed by atoms with Gasteiger partial charge in [-0.05, 0) is 37.1 Å². The van der Waals surface area contributed by atoms with Crippen LogP contribution in [0.15, 0.2) is 45.6 Å². The molecule has 0 aliphatic carbocycles. The van der Waals surface area contributed by atoms with Crippen molar-refractivity contribution in [3.8, 4) is 5.75 Å². The zero-order valence-corrected chi connectivity index (χ0v) is 15.7. The average molecular weight is 403 g/mol. The summed E-state index contributed by atoms with van der Waals surface area (Å²) in [6.45, 7) is 3.02. The van der Waals surface area contributed by atoms with Crippen LogP contribution in [0.3, 0.4) is 0 Å². The van der Waals surface area contributed by atoms with Crippen molar-refractivity contribution in [3.05, 3.63) is 73.1 Å². The molecule has 0 bridgehead atoms. The van der Waals surface area contributed by atoms with E-state index in [0.29, 0.717) is 16.5 Å². The molecule has 0 radical (unpaired) electrons. The zero-order chi connectivity index (χ0) is 20.4. The number of rotatable bonds is 5. The van der Waals surface area contributed by atoms with Gasteiger partial charge < -0.3 is 14.5 Å². The zero-order valence-electron chi connectivity index (χ0n) is 14.9. The summed E-state index contributed by atoms with van der Waals surface area (Å²) in [7, 11) is 0. The minimum atomic E-state index is -0.603. The highest BCUT2D eigenvalue weighted by molar-refractivity contribution is 6.32. The van der Waals surface area contributed by atoms with Gasteiger partial charge in [-0.15, -0.1) is 0 Å². The van der Waals surface area contributed by atoms with Gasteiger partial charge in [-0.1, -0.05) is 17.7 Å². The van der Waals surface area contributed by atoms with E-state index in [1.165, 1.54) is 24.3 Å². The Hall–Kier alpha value is -3.39. The Balaban J connectivity index is 1.77. The van der Waals surface area contributed by atoms with Crippen LogP contribution in [0.25, 0.3) is 11.0 Å². The van der Waals surface area contributed by atoms with Crippen molar-refractivity contribution in [2.75, 3.05) is 11.9 Å². The van der Waals surface area contributed by atoms with Crippen molar-refractivity contribution in [2.45, 2.75) is 13.8 Å². The largest absolute Gasteiger partial charge is 0.482 e. The lowest BCUT2D eigenvalue weighted by Crippen LogP contribution is -2.21. The van der Waals surface area contributed by atoms with E-state index < -0.39 is 23.1 Å². The lowest BCUT2D eigenvalue weighted by atomic mass is 10.1. The van der Waals surface area contributed by atoms with Crippen LogP contribution in [-0.4, -0.2) is 17.4 Å². The summed E-state index contributed by atoms with van der Waals surface area (Å²) in [6, 6.07) is 8.81. The Morgan fingerprint density at radius 3 is 2.71 bits per heavy atom. The molecule has 0 aliphatic heterocycles. The maximum atomic E-state index is 12.2. The molecule has 0 atom stereocenters. The highest BCUT2D eigenvalue weighted by atomic mass is 35.5. The average Bonchev–Trinajstić information content (AvgIpc) is 2.62. The van der Waals surface area contributed by atoms with Gasteiger partial charge in [0.05, 0.1) is 9.95 Å². The number of benzene rings is 2. The third-order valence-electron chi connectivity index (χ3n) is 3.99. The first-order valence-corrected chi connectivity index (χ1v) is 8.54. The predicted octanol–water partition coefficient (Wildman–Crippen LogP) is 3.99. The van der Waals surface area contributed by atoms with Crippen molar-refractivity contribution in [3.63, 3.8) is 0 Å². The molecule has 0 saturated carbocycles. The number of fused-ring (bicyclic) bond motifs is 1. The van der Waals surface area contributed by atoms with E-state index in [9.17, 15) is 19.7 Å². The van der Waals surface area contributed by atoms with E-state index in [1.54, 1.807) is 26.0 Å². The van der Waals surface area contributed by atoms with Crippen molar-refractivity contribution in [1.82, 2.24) is 0 Å². The number of carbonyl (C=O) groups excluding carboxylic acids is 1. The Bertz CT molecular complexity index is 1160. The standard InChI is InChI=1S/C19H15ClN2O6/c1-10-3-4-14(15(5-10)22(25)26)21-18(23)9-27-17-8-16-12(7-13(17)20)11(2)6-19(24)28-16/h3-8H,9H2,1-2H3,(H,21,23). The van der Waals surface area contributed by atoms with Gasteiger partial charge in [-0.25, -0.2) is 4.79 Å². The SMILES string of the molecule is Cc1ccc(NC(=O)COc2cc3oc(=O)cc(C)c3cc2Cl)c([N+](=O)[O-])c1. The minimum absolute atomic E-state index is 0.0652. The normalized spacial score (nSPS) is 10.7. The van der Waals surface area contributed by atoms with E-state index in [1.807, 2.05) is 0 Å². The second-order valence-corrected chi connectivity index (χ2v) is 6.55. The van der Waals surface area contributed by atoms with E-state index in [4.69, 9.17) is 20.8 Å². The molecule has 1 heterocycles. The molecule has 8 nitrogen and oxygen atoms in total. The predicted molar refractivity (Wildman–Crippen MR) is 104 cm³/mol. The Morgan fingerprint density at radius 1 is 1.25 bits per heavy atom. The smallest absolute Gasteiger partial charge is 0.336 e. The Morgan fingerprint density at radius 2 is 2.00 bits per heavy atom. The van der Waals surface area contributed by atoms with E-state index in [-0.39, 0.29) is 27.7 Å². The van der Waals surface area contributed by atoms with Gasteiger partial charge in [0.1, 0.15) is 17.0 Å². The number of amides is 1. The lowest BCUT2D eigenvalue weighted by Gasteiger charge is -2.10. The summed E-state index contributed by atoms with van der Waals surface area (Å²) in [5.41, 5.74) is 1.01. The van der Waals surface area contributed by atoms with Gasteiger partial charge in [0.25, 0.3) is 11.6 Å². The number of ether oxygens (including phenoxy) is 1. The minimum Gasteiger partial charge on any atom is -0.482 e. The second kappa shape index (κ2) is 7.69. The number of aryl methyl sites for hydroxylation is 2. The van der Waals surface area contributed by atoms with Crippen LogP contribution in [0.1, 0.15) is 11.1 Å². The molecule has 2 aromatic carbocycles. The van der Waals surface area contributed by atoms with Gasteiger partial charge in [0.15, 0.2) is 6.61 Å². The molecule has 0 unspecified atom stereocenters. The summed E-state index contributed by atoms with van der Waals surface area (Å²) in [4.78, 5) is 34.2. The van der Waals surface area contributed by atoms with Crippen LogP contribution in [0.2, 0.25) is 5.02 Å². The molecule has 1 aromatic heterocycles. The highest BCUT2D eigenvalue weighted by Crippen LogP contribution is 2.31. The molecular weight excluding hydrogens is 388 g/mol. The fraction of sp³-hybridized carbons (Fsp3) is 0.158. The van der Waals surface area contributed by atoms with Crippen molar-refractivity contribution >= 4 is 39.9 Å². The molecule has 144 valence electrons. The van der Waals surface area contributed by atoms with Gasteiger partial charge in [-0.2, -0.15) is 0 Å². The Labute approximate surface area is 163 Å². The quantitative estimate of drug-likeness (QED) is 0.392. The number of halogens is 1. The maximum absolute atomic E-state index is 12.2. The number of hydrogen-bond donors (Lipinski definition) is 1. The van der Waals surface area contributed by atoms with Crippen LogP contribution >= 0.6 is 11.6 Å². The molecule has 0 saturated heterocycles. The second-order valence-electron chi connectivity index (χ2n) is 6.14. The summed E-state index contributed by atoms with van der Waals surface area (Å²) in [5.74, 6) is -0.453. The van der Waals surface area contributed by atoms with Crippen molar-refractivity contribution in [1.29, 1.82) is 0 Å². The molecule has 28 heavy (non-hydrogen) atoms. The fourth-order valence-corrected chi connectivity index (χ4v) is 2.88. The van der Waals surface area contributed by atoms with Crippen LogP contribution in [0.5, 0.6) is 5.75 Å². The molecule has 1 amide bonds. The molecule has 3 aromatic rings. The number of nitrogens with zero attached hydrogens (tertiary/aromatic N) is 1. The van der Waals surface area contributed by atoms with Gasteiger partial charge in [-0.3, -0.25) is 14.9 Å². The third-order valence-corrected chi connectivity index (χ3v) is 4.28. The molecular formula is C19H15ClN2O6. The summed E-state index contributed by atoms with van der Waals surface area (Å²) < 4.78 is 10.5. The van der Waals surface area contributed by atoms with Crippen molar-refractivity contribution < 1.29 is 18.9 Å². The monoisotopic (exact) mass is 402 g/mol. The van der Waals surface area contributed by atoms with Crippen LogP contribution in [-0.2, 0) is 4.79 Å². The van der Waals surface area contributed by atoms with Crippen LogP contribution in [0.4, 0.5) is 11.4 Å². The first kappa shape index (κ1) is 19.4. The lowest BCUT2D eigenvalue weighted by molar-refractivity contribution is -0.384. The van der Waals surface area contributed by atoms with Gasteiger partial charge >= 0.3 is 5.63 Å². The number of nitrogens with one attached hydrogen (secondary N) is 1. The first-order chi connectivity index (χ1) is 13.2. The molecule has 1 N–H and O–H groups in total. The number of hydrogen-bond acceptors (Lipinski definition) is 6. The van der Waals surface area contributed by atoms with Crippen LogP contribution in [0, 0.1) is 24.0 Å². The molecule has 0 fully saturated rings. The van der Waals surface area contributed by atoms with Gasteiger partial charge in [0.2, 0.25) is 0 Å². The van der Waals surface area contributed by atoms with Gasteiger partial charge in [0, 0.05) is 23.6 Å². The van der Waals surface area contributed by atoms with Crippen molar-refractivity contribution in [2.24, 2.45) is 0 Å².